The first-order valence-corrected chi connectivity index (χ1v) is 15.4. The van der Waals surface area contributed by atoms with Crippen LogP contribution in [0.3, 0.4) is 0 Å². The van der Waals surface area contributed by atoms with E-state index in [1.807, 2.05) is 61.3 Å². The predicted molar refractivity (Wildman–Crippen MR) is 176 cm³/mol. The molecule has 0 spiro atoms. The van der Waals surface area contributed by atoms with Gasteiger partial charge in [-0.1, -0.05) is 30.3 Å². The average molecular weight is 630 g/mol. The molecule has 0 saturated heterocycles. The van der Waals surface area contributed by atoms with Crippen molar-refractivity contribution < 1.29 is 9.53 Å². The highest BCUT2D eigenvalue weighted by Crippen LogP contribution is 2.31. The van der Waals surface area contributed by atoms with Gasteiger partial charge in [0.15, 0.2) is 0 Å². The van der Waals surface area contributed by atoms with Crippen LogP contribution in [0.1, 0.15) is 42.5 Å². The normalized spacial score (nSPS) is 15.8. The molecule has 0 radical (unpaired) electrons. The highest BCUT2D eigenvalue weighted by molar-refractivity contribution is 5.91. The number of amides is 2. The van der Waals surface area contributed by atoms with Gasteiger partial charge in [-0.3, -0.25) is 10.00 Å². The van der Waals surface area contributed by atoms with Gasteiger partial charge in [0.2, 0.25) is 5.95 Å². The summed E-state index contributed by atoms with van der Waals surface area (Å²) in [6, 6.07) is 16.1. The number of H-pyrrole nitrogens is 1. The largest absolute Gasteiger partial charge is 0.467 e. The topological polar surface area (TPSA) is 162 Å². The van der Waals surface area contributed by atoms with Gasteiger partial charge in [-0.25, -0.2) is 29.7 Å². The molecule has 1 fully saturated rings. The second-order valence-corrected chi connectivity index (χ2v) is 11.5. The number of anilines is 2. The van der Waals surface area contributed by atoms with Gasteiger partial charge >= 0.3 is 12.0 Å². The van der Waals surface area contributed by atoms with Gasteiger partial charge in [-0.05, 0) is 50.3 Å². The molecule has 0 bridgehead atoms. The summed E-state index contributed by atoms with van der Waals surface area (Å²) in [4.78, 5) is 39.9. The minimum absolute atomic E-state index is 0.0625. The van der Waals surface area contributed by atoms with E-state index in [0.717, 1.165) is 53.6 Å². The number of benzene rings is 1. The molecular weight excluding hydrogens is 594 g/mol. The Kier molecular flexibility index (Phi) is 9.28. The van der Waals surface area contributed by atoms with Crippen LogP contribution in [0.2, 0.25) is 0 Å². The summed E-state index contributed by atoms with van der Waals surface area (Å²) in [5, 5.41) is 20.1. The molecule has 13 nitrogen and oxygen atoms in total. The smallest absolute Gasteiger partial charge is 0.325 e. The Morgan fingerprint density at radius 3 is 2.36 bits per heavy atom. The third-order valence-corrected chi connectivity index (χ3v) is 8.32. The number of aromatic amines is 1. The summed E-state index contributed by atoms with van der Waals surface area (Å²) >= 11 is 0. The number of nitrogens with zero attached hydrogens (tertiary/aromatic N) is 9. The van der Waals surface area contributed by atoms with Gasteiger partial charge in [0.25, 0.3) is 0 Å². The second-order valence-electron chi connectivity index (χ2n) is 11.5. The Morgan fingerprint density at radius 2 is 1.72 bits per heavy atom. The Morgan fingerprint density at radius 1 is 0.979 bits per heavy atom. The lowest BCUT2D eigenvalue weighted by Crippen LogP contribution is -2.49. The maximum absolute atomic E-state index is 14.1. The van der Waals surface area contributed by atoms with Gasteiger partial charge in [0.05, 0.1) is 30.8 Å². The number of pyridine rings is 1. The van der Waals surface area contributed by atoms with Crippen LogP contribution < -0.4 is 15.0 Å². The Bertz CT molecular complexity index is 1850. The highest BCUT2D eigenvalue weighted by atomic mass is 16.5. The van der Waals surface area contributed by atoms with Gasteiger partial charge in [-0.15, -0.1) is 0 Å². The number of hydrogen-bond donors (Lipinski definition) is 2. The van der Waals surface area contributed by atoms with Crippen LogP contribution in [0.15, 0.2) is 73.4 Å². The molecule has 1 aliphatic carbocycles. The third kappa shape index (κ3) is 7.01. The minimum Gasteiger partial charge on any atom is -0.467 e. The quantitative estimate of drug-likeness (QED) is 0.216. The molecule has 0 atom stereocenters. The average Bonchev–Trinajstić information content (AvgIpc) is 3.55. The van der Waals surface area contributed by atoms with Crippen LogP contribution in [-0.4, -0.2) is 72.3 Å². The number of carbonyl (C=O) groups excluding carboxylic acids is 1. The third-order valence-electron chi connectivity index (χ3n) is 8.32. The van der Waals surface area contributed by atoms with Crippen molar-refractivity contribution in [1.29, 1.82) is 5.26 Å². The van der Waals surface area contributed by atoms with E-state index in [1.165, 1.54) is 7.11 Å². The molecule has 1 saturated carbocycles. The first kappa shape index (κ1) is 31.1. The SMILES string of the molecule is COc1ncc(-c2ccc(N(C(=O)N(C)Cc3ccccc3)C3CCC(Nc4ncc(C#N)c(-c5cn[nH]c5C)n4)CC3)nc2)cn1. The predicted octanol–water partition coefficient (Wildman–Crippen LogP) is 5.39. The molecule has 4 heterocycles. The fourth-order valence-corrected chi connectivity index (χ4v) is 5.81. The Hall–Kier alpha value is -5.90. The molecule has 2 amide bonds. The van der Waals surface area contributed by atoms with Crippen LogP contribution in [0, 0.1) is 18.3 Å². The van der Waals surface area contributed by atoms with E-state index in [4.69, 9.17) is 9.72 Å². The number of rotatable bonds is 9. The fraction of sp³-hybridized carbons (Fsp3) is 0.294. The molecule has 1 aromatic carbocycles. The van der Waals surface area contributed by atoms with Crippen molar-refractivity contribution in [3.05, 3.63) is 90.3 Å². The summed E-state index contributed by atoms with van der Waals surface area (Å²) in [5.74, 6) is 1.04. The van der Waals surface area contributed by atoms with Crippen LogP contribution >= 0.6 is 0 Å². The zero-order chi connectivity index (χ0) is 32.8. The first-order chi connectivity index (χ1) is 22.9. The van der Waals surface area contributed by atoms with E-state index in [2.05, 4.69) is 41.5 Å². The van der Waals surface area contributed by atoms with Crippen LogP contribution in [0.25, 0.3) is 22.4 Å². The number of nitrogens with one attached hydrogen (secondary N) is 2. The lowest BCUT2D eigenvalue weighted by molar-refractivity contribution is 0.207. The standard InChI is InChI=1S/C34H35N11O2/c1-22-29(20-40-43-22)31-25(15-35)17-37-32(42-31)41-27-10-12-28(13-11-27)45(34(46)44(2)21-23-7-5-4-6-8-23)30-14-9-24(16-36-30)26-18-38-33(47-3)39-19-26/h4-9,14,16-20,27-28H,10-13,21H2,1-3H3,(H,40,43)(H,37,41,42). The Balaban J connectivity index is 1.19. The van der Waals surface area contributed by atoms with Crippen molar-refractivity contribution >= 4 is 17.8 Å². The molecule has 13 heteroatoms. The second kappa shape index (κ2) is 14.0. The van der Waals surface area contributed by atoms with Crippen molar-refractivity contribution in [3.8, 4) is 34.5 Å². The first-order valence-electron chi connectivity index (χ1n) is 15.4. The van der Waals surface area contributed by atoms with E-state index in [-0.39, 0.29) is 18.1 Å². The molecular formula is C34H35N11O2. The molecule has 1 aliphatic rings. The lowest BCUT2D eigenvalue weighted by atomic mass is 9.90. The van der Waals surface area contributed by atoms with E-state index in [9.17, 15) is 10.1 Å². The summed E-state index contributed by atoms with van der Waals surface area (Å²) in [5.41, 5.74) is 5.20. The van der Waals surface area contributed by atoms with Gasteiger partial charge in [-0.2, -0.15) is 10.4 Å². The molecule has 6 rings (SSSR count). The number of aromatic nitrogens is 7. The van der Waals surface area contributed by atoms with Gasteiger partial charge < -0.3 is 15.0 Å². The van der Waals surface area contributed by atoms with Gasteiger partial charge in [0.1, 0.15) is 11.9 Å². The van der Waals surface area contributed by atoms with E-state index in [0.29, 0.717) is 35.6 Å². The minimum atomic E-state index is -0.117. The molecule has 238 valence electrons. The fourth-order valence-electron chi connectivity index (χ4n) is 5.81. The molecule has 0 aliphatic heterocycles. The number of aryl methyl sites for hydroxylation is 1. The number of carbonyl (C=O) groups is 1. The summed E-state index contributed by atoms with van der Waals surface area (Å²) in [7, 11) is 3.34. The number of urea groups is 1. The number of ether oxygens (including phenoxy) is 1. The van der Waals surface area contributed by atoms with Crippen LogP contribution in [0.4, 0.5) is 16.6 Å². The van der Waals surface area contributed by atoms with Crippen molar-refractivity contribution in [2.45, 2.75) is 51.2 Å². The van der Waals surface area contributed by atoms with Gasteiger partial charge in [0, 0.05) is 66.7 Å². The molecule has 0 unspecified atom stereocenters. The van der Waals surface area contributed by atoms with Crippen molar-refractivity contribution in [2.24, 2.45) is 0 Å². The zero-order valence-corrected chi connectivity index (χ0v) is 26.5. The number of methoxy groups -OCH3 is 1. The van der Waals surface area contributed by atoms with Crippen molar-refractivity contribution in [2.75, 3.05) is 24.4 Å². The lowest BCUT2D eigenvalue weighted by Gasteiger charge is -2.38. The summed E-state index contributed by atoms with van der Waals surface area (Å²) in [6.07, 6.45) is 11.4. The molecule has 4 aromatic heterocycles. The monoisotopic (exact) mass is 629 g/mol. The molecule has 5 aromatic rings. The van der Waals surface area contributed by atoms with E-state index in [1.54, 1.807) is 35.9 Å². The molecule has 2 N–H and O–H groups in total. The van der Waals surface area contributed by atoms with E-state index >= 15 is 0 Å². The van der Waals surface area contributed by atoms with Crippen LogP contribution in [0.5, 0.6) is 6.01 Å². The maximum Gasteiger partial charge on any atom is 0.325 e. The number of nitriles is 1. The van der Waals surface area contributed by atoms with E-state index < -0.39 is 0 Å². The Labute approximate surface area is 272 Å². The summed E-state index contributed by atoms with van der Waals surface area (Å²) in [6.45, 7) is 2.36. The van der Waals surface area contributed by atoms with Crippen LogP contribution in [-0.2, 0) is 6.54 Å². The van der Waals surface area contributed by atoms with Crippen molar-refractivity contribution in [3.63, 3.8) is 0 Å². The summed E-state index contributed by atoms with van der Waals surface area (Å²) < 4.78 is 5.08. The number of hydrogen-bond acceptors (Lipinski definition) is 10. The highest BCUT2D eigenvalue weighted by Gasteiger charge is 2.33. The zero-order valence-electron chi connectivity index (χ0n) is 26.5. The van der Waals surface area contributed by atoms with Crippen molar-refractivity contribution in [1.82, 2.24) is 40.0 Å². The molecule has 47 heavy (non-hydrogen) atoms. The maximum atomic E-state index is 14.1.